The van der Waals surface area contributed by atoms with Crippen molar-refractivity contribution in [2.75, 3.05) is 6.54 Å². The quantitative estimate of drug-likeness (QED) is 0.694. The largest absolute Gasteiger partial charge is 0.431 e. The van der Waals surface area contributed by atoms with E-state index in [0.717, 1.165) is 29.4 Å². The Hall–Kier alpha value is -1.30. The number of nitrogens with one attached hydrogen (secondary N) is 1. The van der Waals surface area contributed by atoms with Crippen LogP contribution < -0.4 is 5.32 Å². The minimum absolute atomic E-state index is 0.419. The molecule has 0 aliphatic heterocycles. The van der Waals surface area contributed by atoms with Crippen molar-refractivity contribution in [1.82, 2.24) is 10.3 Å². The highest BCUT2D eigenvalue weighted by Gasteiger charge is 2.10. The van der Waals surface area contributed by atoms with E-state index < -0.39 is 0 Å². The monoisotopic (exact) mass is 304 g/mol. The molecule has 3 aromatic rings. The van der Waals surface area contributed by atoms with Crippen molar-refractivity contribution in [2.24, 2.45) is 0 Å². The van der Waals surface area contributed by atoms with E-state index in [0.29, 0.717) is 5.25 Å². The minimum Gasteiger partial charge on any atom is -0.431 e. The van der Waals surface area contributed by atoms with Gasteiger partial charge in [0.15, 0.2) is 5.58 Å². The van der Waals surface area contributed by atoms with E-state index in [9.17, 15) is 0 Å². The third-order valence-corrected chi connectivity index (χ3v) is 4.71. The molecule has 2 aromatic heterocycles. The highest BCUT2D eigenvalue weighted by molar-refractivity contribution is 7.99. The maximum Gasteiger partial charge on any atom is 0.257 e. The molecule has 0 aliphatic carbocycles. The van der Waals surface area contributed by atoms with Crippen molar-refractivity contribution in [3.05, 3.63) is 46.7 Å². The average Bonchev–Trinajstić information content (AvgIpc) is 3.06. The van der Waals surface area contributed by atoms with Crippen molar-refractivity contribution in [2.45, 2.75) is 23.9 Å². The fourth-order valence-electron chi connectivity index (χ4n) is 1.93. The molecule has 0 bridgehead atoms. The van der Waals surface area contributed by atoms with Gasteiger partial charge in [0, 0.05) is 23.2 Å². The van der Waals surface area contributed by atoms with Gasteiger partial charge in [-0.15, -0.1) is 11.3 Å². The average molecular weight is 304 g/mol. The molecule has 0 spiro atoms. The summed E-state index contributed by atoms with van der Waals surface area (Å²) in [6.45, 7) is 4.04. The van der Waals surface area contributed by atoms with Crippen LogP contribution in [0.4, 0.5) is 0 Å². The van der Waals surface area contributed by atoms with Crippen molar-refractivity contribution >= 4 is 34.2 Å². The summed E-state index contributed by atoms with van der Waals surface area (Å²) >= 11 is 3.45. The van der Waals surface area contributed by atoms with Gasteiger partial charge in [-0.25, -0.2) is 4.98 Å². The molecule has 3 rings (SSSR count). The number of hydrogen-bond acceptors (Lipinski definition) is 5. The Labute approximate surface area is 126 Å². The Balaban J connectivity index is 1.51. The van der Waals surface area contributed by atoms with E-state index in [4.69, 9.17) is 4.42 Å². The normalized spacial score (nSPS) is 12.8. The number of hydrogen-bond donors (Lipinski definition) is 1. The molecule has 1 unspecified atom stereocenters. The predicted molar refractivity (Wildman–Crippen MR) is 85.4 cm³/mol. The van der Waals surface area contributed by atoms with Crippen LogP contribution in [-0.2, 0) is 6.54 Å². The van der Waals surface area contributed by atoms with E-state index in [1.165, 1.54) is 4.88 Å². The van der Waals surface area contributed by atoms with Crippen LogP contribution in [0.1, 0.15) is 11.8 Å². The first-order valence-electron chi connectivity index (χ1n) is 6.56. The first kappa shape index (κ1) is 13.7. The van der Waals surface area contributed by atoms with Gasteiger partial charge in [0.05, 0.1) is 0 Å². The smallest absolute Gasteiger partial charge is 0.257 e. The summed E-state index contributed by atoms with van der Waals surface area (Å²) in [6.07, 6.45) is 0. The third kappa shape index (κ3) is 3.42. The number of thiophene rings is 1. The van der Waals surface area contributed by atoms with Gasteiger partial charge >= 0.3 is 0 Å². The van der Waals surface area contributed by atoms with Gasteiger partial charge in [-0.3, -0.25) is 0 Å². The lowest BCUT2D eigenvalue weighted by molar-refractivity contribution is 0.487. The topological polar surface area (TPSA) is 38.1 Å². The predicted octanol–water partition coefficient (Wildman–Crippen LogP) is 4.16. The maximum absolute atomic E-state index is 5.72. The molecule has 1 aromatic carbocycles. The summed E-state index contributed by atoms with van der Waals surface area (Å²) < 4.78 is 5.72. The van der Waals surface area contributed by atoms with Crippen LogP contribution >= 0.6 is 23.1 Å². The summed E-state index contributed by atoms with van der Waals surface area (Å²) in [4.78, 5) is 5.85. The van der Waals surface area contributed by atoms with Gasteiger partial charge in [-0.05, 0) is 23.6 Å². The molecule has 0 amide bonds. The van der Waals surface area contributed by atoms with Gasteiger partial charge in [0.2, 0.25) is 0 Å². The summed E-state index contributed by atoms with van der Waals surface area (Å²) in [6, 6.07) is 12.1. The molecular weight excluding hydrogens is 288 g/mol. The number of nitrogens with zero attached hydrogens (tertiary/aromatic N) is 1. The van der Waals surface area contributed by atoms with Crippen LogP contribution in [0.25, 0.3) is 11.1 Å². The fourth-order valence-corrected chi connectivity index (χ4v) is 3.44. The highest BCUT2D eigenvalue weighted by Crippen LogP contribution is 2.26. The third-order valence-electron chi connectivity index (χ3n) is 2.89. The van der Waals surface area contributed by atoms with E-state index in [1.54, 1.807) is 23.1 Å². The van der Waals surface area contributed by atoms with Crippen LogP contribution in [-0.4, -0.2) is 16.8 Å². The van der Waals surface area contributed by atoms with Gasteiger partial charge < -0.3 is 9.73 Å². The van der Waals surface area contributed by atoms with Gasteiger partial charge in [-0.1, -0.05) is 36.9 Å². The lowest BCUT2D eigenvalue weighted by atomic mass is 10.3. The van der Waals surface area contributed by atoms with Crippen LogP contribution in [0.15, 0.2) is 51.4 Å². The second kappa shape index (κ2) is 6.43. The van der Waals surface area contributed by atoms with Gasteiger partial charge in [-0.2, -0.15) is 0 Å². The molecule has 2 heterocycles. The SMILES string of the molecule is CC(CNCc1cccs1)Sc1nc2ccccc2o1. The lowest BCUT2D eigenvalue weighted by Crippen LogP contribution is -2.21. The molecule has 20 heavy (non-hydrogen) atoms. The number of para-hydroxylation sites is 2. The summed E-state index contributed by atoms with van der Waals surface area (Å²) in [5.41, 5.74) is 1.78. The van der Waals surface area contributed by atoms with Crippen LogP contribution in [0.3, 0.4) is 0 Å². The van der Waals surface area contributed by atoms with E-state index in [2.05, 4.69) is 34.7 Å². The number of aromatic nitrogens is 1. The number of benzene rings is 1. The lowest BCUT2D eigenvalue weighted by Gasteiger charge is -2.09. The molecule has 5 heteroatoms. The zero-order valence-corrected chi connectivity index (χ0v) is 12.8. The van der Waals surface area contributed by atoms with Crippen LogP contribution in [0.2, 0.25) is 0 Å². The summed E-state index contributed by atoms with van der Waals surface area (Å²) in [5.74, 6) is 0. The molecule has 0 aliphatic rings. The van der Waals surface area contributed by atoms with E-state index >= 15 is 0 Å². The van der Waals surface area contributed by atoms with Crippen molar-refractivity contribution in [1.29, 1.82) is 0 Å². The molecule has 1 atom stereocenters. The second-order valence-electron chi connectivity index (χ2n) is 4.59. The Morgan fingerprint density at radius 1 is 1.30 bits per heavy atom. The first-order chi connectivity index (χ1) is 9.81. The molecule has 104 valence electrons. The van der Waals surface area contributed by atoms with Crippen LogP contribution in [0, 0.1) is 0 Å². The molecule has 0 saturated carbocycles. The Morgan fingerprint density at radius 2 is 2.20 bits per heavy atom. The molecule has 3 nitrogen and oxygen atoms in total. The number of fused-ring (bicyclic) bond motifs is 1. The Morgan fingerprint density at radius 3 is 3.00 bits per heavy atom. The number of oxazole rings is 1. The summed E-state index contributed by atoms with van der Waals surface area (Å²) in [7, 11) is 0. The molecule has 1 N–H and O–H groups in total. The standard InChI is InChI=1S/C15H16N2OS2/c1-11(9-16-10-12-5-4-8-19-12)20-15-17-13-6-2-3-7-14(13)18-15/h2-8,11,16H,9-10H2,1H3. The Bertz CT molecular complexity index is 630. The maximum atomic E-state index is 5.72. The Kier molecular flexibility index (Phi) is 4.40. The number of rotatable bonds is 6. The summed E-state index contributed by atoms with van der Waals surface area (Å²) in [5, 5.41) is 6.73. The van der Waals surface area contributed by atoms with Crippen LogP contribution in [0.5, 0.6) is 0 Å². The molecule has 0 fully saturated rings. The van der Waals surface area contributed by atoms with Crippen molar-refractivity contribution < 1.29 is 4.42 Å². The molecule has 0 radical (unpaired) electrons. The fraction of sp³-hybridized carbons (Fsp3) is 0.267. The zero-order chi connectivity index (χ0) is 13.8. The second-order valence-corrected chi connectivity index (χ2v) is 7.01. The van der Waals surface area contributed by atoms with Crippen molar-refractivity contribution in [3.8, 4) is 0 Å². The highest BCUT2D eigenvalue weighted by atomic mass is 32.2. The van der Waals surface area contributed by atoms with E-state index in [-0.39, 0.29) is 0 Å². The first-order valence-corrected chi connectivity index (χ1v) is 8.32. The van der Waals surface area contributed by atoms with Gasteiger partial charge in [0.25, 0.3) is 5.22 Å². The molecular formula is C15H16N2OS2. The van der Waals surface area contributed by atoms with E-state index in [1.807, 2.05) is 24.3 Å². The van der Waals surface area contributed by atoms with Crippen molar-refractivity contribution in [3.63, 3.8) is 0 Å². The zero-order valence-electron chi connectivity index (χ0n) is 11.2. The van der Waals surface area contributed by atoms with Gasteiger partial charge in [0.1, 0.15) is 5.52 Å². The molecule has 0 saturated heterocycles. The number of thioether (sulfide) groups is 1. The minimum atomic E-state index is 0.419.